The Kier molecular flexibility index (Phi) is 8.73. The second-order valence-electron chi connectivity index (χ2n) is 7.81. The van der Waals surface area contributed by atoms with Crippen molar-refractivity contribution in [3.63, 3.8) is 0 Å². The number of H-pyrrole nitrogens is 1. The first kappa shape index (κ1) is 25.6. The molecule has 3 aromatic rings. The van der Waals surface area contributed by atoms with Gasteiger partial charge in [0.15, 0.2) is 6.29 Å². The van der Waals surface area contributed by atoms with Crippen molar-refractivity contribution in [2.24, 2.45) is 0 Å². The number of carbonyl (C=O) groups is 3. The number of hydrogen-bond donors (Lipinski definition) is 7. The largest absolute Gasteiger partial charge is 0.480 e. The first-order valence-corrected chi connectivity index (χ1v) is 10.9. The van der Waals surface area contributed by atoms with E-state index in [0.717, 1.165) is 16.6 Å². The molecule has 0 saturated heterocycles. The summed E-state index contributed by atoms with van der Waals surface area (Å²) in [5, 5.41) is 34.9. The first-order valence-electron chi connectivity index (χ1n) is 10.9. The number of aromatic amines is 1. The number of nitrogens with one attached hydrogen (secondary N) is 4. The van der Waals surface area contributed by atoms with E-state index in [-0.39, 0.29) is 26.2 Å². The number of amides is 3. The molecule has 3 rings (SSSR count). The predicted molar refractivity (Wildman–Crippen MR) is 126 cm³/mol. The molecule has 35 heavy (non-hydrogen) atoms. The van der Waals surface area contributed by atoms with E-state index in [1.54, 1.807) is 24.3 Å². The molecule has 0 aliphatic rings. The lowest BCUT2D eigenvalue weighted by Crippen LogP contribution is -2.44. The van der Waals surface area contributed by atoms with Crippen LogP contribution in [0.15, 0.2) is 48.5 Å². The molecule has 0 aliphatic carbocycles. The third kappa shape index (κ3) is 7.24. The van der Waals surface area contributed by atoms with E-state index in [9.17, 15) is 14.4 Å². The summed E-state index contributed by atoms with van der Waals surface area (Å²) < 4.78 is 0. The van der Waals surface area contributed by atoms with Crippen LogP contribution in [0.1, 0.15) is 21.7 Å². The monoisotopic (exact) mass is 484 g/mol. The van der Waals surface area contributed by atoms with Gasteiger partial charge in [-0.3, -0.25) is 9.59 Å². The van der Waals surface area contributed by atoms with Crippen LogP contribution in [-0.4, -0.2) is 80.6 Å². The molecule has 1 heterocycles. The van der Waals surface area contributed by atoms with Gasteiger partial charge in [0.05, 0.1) is 24.1 Å². The van der Waals surface area contributed by atoms with Gasteiger partial charge in [-0.15, -0.1) is 0 Å². The zero-order chi connectivity index (χ0) is 25.4. The molecule has 0 spiro atoms. The maximum Gasteiger partial charge on any atom is 0.322 e. The number of aliphatic hydroxyl groups is 2. The molecular weight excluding hydrogens is 456 g/mol. The molecule has 12 heteroatoms. The molecule has 1 aromatic heterocycles. The van der Waals surface area contributed by atoms with Gasteiger partial charge in [-0.2, -0.15) is 0 Å². The van der Waals surface area contributed by atoms with Crippen LogP contribution in [0, 0.1) is 0 Å². The highest BCUT2D eigenvalue weighted by Gasteiger charge is 2.19. The van der Waals surface area contributed by atoms with Crippen molar-refractivity contribution < 1.29 is 29.7 Å². The third-order valence-corrected chi connectivity index (χ3v) is 5.20. The van der Waals surface area contributed by atoms with Crippen molar-refractivity contribution in [2.75, 3.05) is 20.1 Å². The quantitative estimate of drug-likeness (QED) is 0.186. The number of aliphatic hydroxyl groups excluding tert-OH is 1. The van der Waals surface area contributed by atoms with Gasteiger partial charge in [-0.05, 0) is 36.9 Å². The predicted octanol–water partition coefficient (Wildman–Crippen LogP) is -0.0122. The Bertz CT molecular complexity index is 1130. The lowest BCUT2D eigenvalue weighted by molar-refractivity contribution is -0.139. The van der Waals surface area contributed by atoms with Gasteiger partial charge in [-0.1, -0.05) is 24.3 Å². The van der Waals surface area contributed by atoms with Crippen LogP contribution in [0.3, 0.4) is 0 Å². The summed E-state index contributed by atoms with van der Waals surface area (Å²) in [4.78, 5) is 45.2. The number of carbonyl (C=O) groups excluding carboxylic acids is 2. The highest BCUT2D eigenvalue weighted by atomic mass is 16.5. The standard InChI is InChI=1S/C23H28N6O6/c1-24-18(22(33)34)10-25-21(32)15-8-6-14(7-9-15)12-29(23(35)26-11-20(30)31)13-19-27-16-4-2-3-5-17(16)28-19/h2-9,18,20,24,30-31H,10-13H2,1H3,(H,25,32)(H,26,35)(H,27,28)(H,33,34). The topological polar surface area (TPSA) is 180 Å². The number of carboxylic acid groups (broad SMARTS) is 1. The fourth-order valence-electron chi connectivity index (χ4n) is 3.34. The molecule has 0 aliphatic heterocycles. The van der Waals surface area contributed by atoms with Crippen LogP contribution < -0.4 is 16.0 Å². The van der Waals surface area contributed by atoms with Crippen molar-refractivity contribution in [3.05, 3.63) is 65.5 Å². The average Bonchev–Trinajstić information content (AvgIpc) is 3.25. The Morgan fingerprint density at radius 2 is 1.71 bits per heavy atom. The van der Waals surface area contributed by atoms with Crippen LogP contribution in [0.5, 0.6) is 0 Å². The van der Waals surface area contributed by atoms with Crippen molar-refractivity contribution in [1.29, 1.82) is 0 Å². The highest BCUT2D eigenvalue weighted by molar-refractivity contribution is 5.94. The molecule has 3 amide bonds. The van der Waals surface area contributed by atoms with Crippen LogP contribution in [-0.2, 0) is 17.9 Å². The van der Waals surface area contributed by atoms with E-state index >= 15 is 0 Å². The summed E-state index contributed by atoms with van der Waals surface area (Å²) in [6.07, 6.45) is -1.69. The minimum Gasteiger partial charge on any atom is -0.480 e. The summed E-state index contributed by atoms with van der Waals surface area (Å²) in [5.41, 5.74) is 2.64. The number of carboxylic acids is 1. The fourth-order valence-corrected chi connectivity index (χ4v) is 3.34. The molecule has 186 valence electrons. The first-order chi connectivity index (χ1) is 16.8. The number of rotatable bonds is 11. The van der Waals surface area contributed by atoms with E-state index in [2.05, 4.69) is 25.9 Å². The average molecular weight is 485 g/mol. The number of aromatic nitrogens is 2. The zero-order valence-corrected chi connectivity index (χ0v) is 19.1. The summed E-state index contributed by atoms with van der Waals surface area (Å²) in [6.45, 7) is -0.120. The van der Waals surface area contributed by atoms with Crippen LogP contribution >= 0.6 is 0 Å². The zero-order valence-electron chi connectivity index (χ0n) is 19.1. The second kappa shape index (κ2) is 11.9. The number of nitrogens with zero attached hydrogens (tertiary/aromatic N) is 2. The van der Waals surface area contributed by atoms with Crippen LogP contribution in [0.4, 0.5) is 4.79 Å². The van der Waals surface area contributed by atoms with Crippen molar-refractivity contribution >= 4 is 28.9 Å². The van der Waals surface area contributed by atoms with Gasteiger partial charge in [-0.25, -0.2) is 9.78 Å². The number of benzene rings is 2. The van der Waals surface area contributed by atoms with Gasteiger partial charge in [0.1, 0.15) is 11.9 Å². The molecule has 0 radical (unpaired) electrons. The summed E-state index contributed by atoms with van der Waals surface area (Å²) in [7, 11) is 1.49. The SMILES string of the molecule is CNC(CNC(=O)c1ccc(CN(Cc2nc3ccccc3[nH]2)C(=O)NCC(O)O)cc1)C(=O)O. The van der Waals surface area contributed by atoms with Crippen molar-refractivity contribution in [3.8, 4) is 0 Å². The molecule has 12 nitrogen and oxygen atoms in total. The van der Waals surface area contributed by atoms with E-state index in [1.807, 2.05) is 24.3 Å². The lowest BCUT2D eigenvalue weighted by Gasteiger charge is -2.23. The smallest absolute Gasteiger partial charge is 0.322 e. The molecular formula is C23H28N6O6. The Balaban J connectivity index is 1.69. The molecule has 1 unspecified atom stereocenters. The summed E-state index contributed by atoms with van der Waals surface area (Å²) >= 11 is 0. The Labute approximate surface area is 201 Å². The minimum absolute atomic E-state index is 0.0748. The number of hydrogen-bond acceptors (Lipinski definition) is 7. The van der Waals surface area contributed by atoms with Gasteiger partial charge >= 0.3 is 12.0 Å². The van der Waals surface area contributed by atoms with Crippen molar-refractivity contribution in [2.45, 2.75) is 25.4 Å². The number of aliphatic carboxylic acids is 1. The second-order valence-corrected chi connectivity index (χ2v) is 7.81. The molecule has 2 aromatic carbocycles. The fraction of sp³-hybridized carbons (Fsp3) is 0.304. The molecule has 7 N–H and O–H groups in total. The Morgan fingerprint density at radius 3 is 2.34 bits per heavy atom. The number of urea groups is 1. The summed E-state index contributed by atoms with van der Waals surface area (Å²) in [6, 6.07) is 12.5. The maximum atomic E-state index is 12.7. The van der Waals surface area contributed by atoms with Crippen molar-refractivity contribution in [1.82, 2.24) is 30.8 Å². The Morgan fingerprint density at radius 1 is 1.00 bits per heavy atom. The molecule has 0 fully saturated rings. The summed E-state index contributed by atoms with van der Waals surface area (Å²) in [5.74, 6) is -0.939. The third-order valence-electron chi connectivity index (χ3n) is 5.20. The minimum atomic E-state index is -1.69. The van der Waals surface area contributed by atoms with Crippen LogP contribution in [0.25, 0.3) is 11.0 Å². The van der Waals surface area contributed by atoms with E-state index in [4.69, 9.17) is 15.3 Å². The van der Waals surface area contributed by atoms with E-state index < -0.39 is 30.2 Å². The highest BCUT2D eigenvalue weighted by Crippen LogP contribution is 2.14. The number of fused-ring (bicyclic) bond motifs is 1. The normalized spacial score (nSPS) is 11.9. The lowest BCUT2D eigenvalue weighted by atomic mass is 10.1. The van der Waals surface area contributed by atoms with Gasteiger partial charge in [0, 0.05) is 18.7 Å². The number of para-hydroxylation sites is 2. The number of likely N-dealkylation sites (N-methyl/N-ethyl adjacent to an activating group) is 1. The van der Waals surface area contributed by atoms with E-state index in [1.165, 1.54) is 11.9 Å². The Hall–Kier alpha value is -4.00. The van der Waals surface area contributed by atoms with E-state index in [0.29, 0.717) is 11.4 Å². The molecule has 1 atom stereocenters. The maximum absolute atomic E-state index is 12.7. The molecule has 0 saturated carbocycles. The van der Waals surface area contributed by atoms with Gasteiger partial charge in [0.2, 0.25) is 0 Å². The number of imidazole rings is 1. The van der Waals surface area contributed by atoms with Crippen LogP contribution in [0.2, 0.25) is 0 Å². The van der Waals surface area contributed by atoms with Gasteiger partial charge < -0.3 is 41.2 Å². The molecule has 0 bridgehead atoms. The van der Waals surface area contributed by atoms with Gasteiger partial charge in [0.25, 0.3) is 5.91 Å².